The van der Waals surface area contributed by atoms with Crippen molar-refractivity contribution in [2.24, 2.45) is 5.92 Å². The van der Waals surface area contributed by atoms with E-state index in [1.165, 1.54) is 19.3 Å². The van der Waals surface area contributed by atoms with Crippen LogP contribution < -0.4 is 0 Å². The molecule has 1 atom stereocenters. The first-order valence-electron chi connectivity index (χ1n) is 6.52. The fourth-order valence-corrected chi connectivity index (χ4v) is 2.95. The average Bonchev–Trinajstić information content (AvgIpc) is 2.71. The highest BCUT2D eigenvalue weighted by molar-refractivity contribution is 6.31. The van der Waals surface area contributed by atoms with Gasteiger partial charge in [-0.15, -0.1) is 0 Å². The summed E-state index contributed by atoms with van der Waals surface area (Å²) in [5.74, 6) is 0.343. The molecule has 0 aliphatic heterocycles. The lowest BCUT2D eigenvalue weighted by Crippen LogP contribution is -2.20. The van der Waals surface area contributed by atoms with Crippen LogP contribution in [0.4, 0.5) is 0 Å². The molecule has 1 aromatic heterocycles. The van der Waals surface area contributed by atoms with Crippen LogP contribution in [0.25, 0.3) is 0 Å². The van der Waals surface area contributed by atoms with Gasteiger partial charge in [0.15, 0.2) is 0 Å². The van der Waals surface area contributed by atoms with Crippen LogP contribution in [0, 0.1) is 5.92 Å². The van der Waals surface area contributed by atoms with Crippen molar-refractivity contribution < 1.29 is 5.11 Å². The van der Waals surface area contributed by atoms with Crippen LogP contribution in [0.5, 0.6) is 0 Å². The monoisotopic (exact) mass is 256 g/mol. The highest BCUT2D eigenvalue weighted by atomic mass is 35.5. The Bertz CT molecular complexity index is 369. The molecule has 1 unspecified atom stereocenters. The van der Waals surface area contributed by atoms with Crippen molar-refractivity contribution in [3.63, 3.8) is 0 Å². The Hall–Kier alpha value is -0.540. The van der Waals surface area contributed by atoms with Crippen LogP contribution >= 0.6 is 11.6 Å². The minimum atomic E-state index is -0.465. The van der Waals surface area contributed by atoms with Gasteiger partial charge in [-0.3, -0.25) is 4.68 Å². The fourth-order valence-electron chi connectivity index (χ4n) is 2.71. The quantitative estimate of drug-likeness (QED) is 0.895. The lowest BCUT2D eigenvalue weighted by molar-refractivity contribution is 0.0757. The lowest BCUT2D eigenvalue weighted by Gasteiger charge is -2.28. The Balaban J connectivity index is 2.22. The molecule has 1 fully saturated rings. The summed E-state index contributed by atoms with van der Waals surface area (Å²) >= 11 is 6.16. The molecule has 0 bridgehead atoms. The summed E-state index contributed by atoms with van der Waals surface area (Å²) in [5, 5.41) is 15.3. The van der Waals surface area contributed by atoms with Gasteiger partial charge >= 0.3 is 0 Å². The molecule has 1 saturated carbocycles. The van der Waals surface area contributed by atoms with E-state index in [1.807, 2.05) is 4.68 Å². The SMILES string of the molecule is CC(C)n1ncc(Cl)c1C(O)C1CCCCC1. The van der Waals surface area contributed by atoms with Gasteiger partial charge in [-0.05, 0) is 32.6 Å². The number of aromatic nitrogens is 2. The summed E-state index contributed by atoms with van der Waals surface area (Å²) < 4.78 is 1.85. The van der Waals surface area contributed by atoms with Crippen LogP contribution in [0.2, 0.25) is 5.02 Å². The maximum atomic E-state index is 10.5. The lowest BCUT2D eigenvalue weighted by atomic mass is 9.84. The largest absolute Gasteiger partial charge is 0.386 e. The molecular formula is C13H21ClN2O. The highest BCUT2D eigenvalue weighted by Gasteiger charge is 2.28. The molecule has 1 heterocycles. The maximum Gasteiger partial charge on any atom is 0.0999 e. The molecule has 1 aliphatic rings. The minimum absolute atomic E-state index is 0.232. The zero-order valence-corrected chi connectivity index (χ0v) is 11.3. The molecule has 1 aliphatic carbocycles. The van der Waals surface area contributed by atoms with E-state index in [9.17, 15) is 5.11 Å². The predicted molar refractivity (Wildman–Crippen MR) is 69.2 cm³/mol. The summed E-state index contributed by atoms with van der Waals surface area (Å²) in [5.41, 5.74) is 0.800. The van der Waals surface area contributed by atoms with Crippen molar-refractivity contribution in [2.45, 2.75) is 58.1 Å². The van der Waals surface area contributed by atoms with Gasteiger partial charge in [-0.2, -0.15) is 5.10 Å². The third-order valence-corrected chi connectivity index (χ3v) is 3.94. The Kier molecular flexibility index (Phi) is 4.10. The second-order valence-electron chi connectivity index (χ2n) is 5.26. The number of halogens is 1. The molecule has 0 spiro atoms. The predicted octanol–water partition coefficient (Wildman–Crippen LogP) is 3.73. The molecule has 96 valence electrons. The molecule has 3 nitrogen and oxygen atoms in total. The summed E-state index contributed by atoms with van der Waals surface area (Å²) in [6.45, 7) is 4.11. The van der Waals surface area contributed by atoms with Crippen LogP contribution in [0.15, 0.2) is 6.20 Å². The molecule has 0 saturated heterocycles. The number of aliphatic hydroxyl groups is 1. The molecule has 4 heteroatoms. The van der Waals surface area contributed by atoms with E-state index in [1.54, 1.807) is 6.20 Å². The normalized spacial score (nSPS) is 19.8. The summed E-state index contributed by atoms with van der Waals surface area (Å²) in [4.78, 5) is 0. The van der Waals surface area contributed by atoms with Gasteiger partial charge in [0, 0.05) is 6.04 Å². The molecule has 2 rings (SSSR count). The van der Waals surface area contributed by atoms with Gasteiger partial charge in [0.2, 0.25) is 0 Å². The number of nitrogens with zero attached hydrogens (tertiary/aromatic N) is 2. The van der Waals surface area contributed by atoms with Gasteiger partial charge in [0.05, 0.1) is 23.0 Å². The standard InChI is InChI=1S/C13H21ClN2O/c1-9(2)16-12(11(14)8-15-16)13(17)10-6-4-3-5-7-10/h8-10,13,17H,3-7H2,1-2H3. The van der Waals surface area contributed by atoms with Gasteiger partial charge < -0.3 is 5.11 Å². The van der Waals surface area contributed by atoms with E-state index in [2.05, 4.69) is 18.9 Å². The average molecular weight is 257 g/mol. The Morgan fingerprint density at radius 3 is 2.59 bits per heavy atom. The Morgan fingerprint density at radius 1 is 1.35 bits per heavy atom. The van der Waals surface area contributed by atoms with E-state index in [-0.39, 0.29) is 6.04 Å². The van der Waals surface area contributed by atoms with Gasteiger partial charge in [-0.25, -0.2) is 0 Å². The summed E-state index contributed by atoms with van der Waals surface area (Å²) in [6, 6.07) is 0.232. The highest BCUT2D eigenvalue weighted by Crippen LogP contribution is 2.37. The van der Waals surface area contributed by atoms with Crippen LogP contribution in [0.3, 0.4) is 0 Å². The van der Waals surface area contributed by atoms with E-state index >= 15 is 0 Å². The molecule has 1 aromatic rings. The molecule has 17 heavy (non-hydrogen) atoms. The van der Waals surface area contributed by atoms with Crippen molar-refractivity contribution in [3.8, 4) is 0 Å². The zero-order chi connectivity index (χ0) is 12.4. The first kappa shape index (κ1) is 12.9. The second-order valence-corrected chi connectivity index (χ2v) is 5.67. The Labute approximate surface area is 108 Å². The maximum absolute atomic E-state index is 10.5. The van der Waals surface area contributed by atoms with E-state index in [0.717, 1.165) is 18.5 Å². The molecule has 0 amide bonds. The topological polar surface area (TPSA) is 38.0 Å². The van der Waals surface area contributed by atoms with Crippen molar-refractivity contribution in [1.82, 2.24) is 9.78 Å². The number of hydrogen-bond acceptors (Lipinski definition) is 2. The third-order valence-electron chi connectivity index (χ3n) is 3.65. The summed E-state index contributed by atoms with van der Waals surface area (Å²) in [6.07, 6.45) is 7.10. The first-order chi connectivity index (χ1) is 8.11. The van der Waals surface area contributed by atoms with E-state index < -0.39 is 6.10 Å². The van der Waals surface area contributed by atoms with Gasteiger partial charge in [-0.1, -0.05) is 30.9 Å². The number of rotatable bonds is 3. The molecular weight excluding hydrogens is 236 g/mol. The van der Waals surface area contributed by atoms with Crippen molar-refractivity contribution >= 4 is 11.6 Å². The van der Waals surface area contributed by atoms with Crippen LogP contribution in [-0.2, 0) is 0 Å². The fraction of sp³-hybridized carbons (Fsp3) is 0.769. The van der Waals surface area contributed by atoms with Gasteiger partial charge in [0.25, 0.3) is 0 Å². The minimum Gasteiger partial charge on any atom is -0.386 e. The molecule has 0 radical (unpaired) electrons. The zero-order valence-electron chi connectivity index (χ0n) is 10.6. The third kappa shape index (κ3) is 2.66. The number of aliphatic hydroxyl groups excluding tert-OH is 1. The van der Waals surface area contributed by atoms with Crippen LogP contribution in [0.1, 0.15) is 63.8 Å². The molecule has 0 aromatic carbocycles. The van der Waals surface area contributed by atoms with Gasteiger partial charge in [0.1, 0.15) is 0 Å². The van der Waals surface area contributed by atoms with Crippen LogP contribution in [-0.4, -0.2) is 14.9 Å². The Morgan fingerprint density at radius 2 is 2.00 bits per heavy atom. The summed E-state index contributed by atoms with van der Waals surface area (Å²) in [7, 11) is 0. The number of hydrogen-bond donors (Lipinski definition) is 1. The first-order valence-corrected chi connectivity index (χ1v) is 6.90. The molecule has 1 N–H and O–H groups in total. The van der Waals surface area contributed by atoms with Crippen molar-refractivity contribution in [1.29, 1.82) is 0 Å². The van der Waals surface area contributed by atoms with E-state index in [4.69, 9.17) is 11.6 Å². The smallest absolute Gasteiger partial charge is 0.0999 e. The second kappa shape index (κ2) is 5.40. The van der Waals surface area contributed by atoms with Crippen molar-refractivity contribution in [2.75, 3.05) is 0 Å². The van der Waals surface area contributed by atoms with Crippen molar-refractivity contribution in [3.05, 3.63) is 16.9 Å². The van der Waals surface area contributed by atoms with E-state index in [0.29, 0.717) is 10.9 Å².